The molecule has 0 saturated heterocycles. The number of halogens is 1. The molecular formula is C29H31BrO4. The molecule has 34 heavy (non-hydrogen) atoms. The summed E-state index contributed by atoms with van der Waals surface area (Å²) < 4.78 is 11.2. The maximum absolute atomic E-state index is 12.9. The summed E-state index contributed by atoms with van der Waals surface area (Å²) in [5.41, 5.74) is 2.76. The number of para-hydroxylation sites is 1. The van der Waals surface area contributed by atoms with Crippen LogP contribution in [0.5, 0.6) is 5.75 Å². The minimum absolute atomic E-state index is 0.173. The van der Waals surface area contributed by atoms with E-state index in [1.54, 1.807) is 24.3 Å². The molecule has 0 fully saturated rings. The van der Waals surface area contributed by atoms with Gasteiger partial charge in [0.25, 0.3) is 0 Å². The Morgan fingerprint density at radius 1 is 0.706 bits per heavy atom. The van der Waals surface area contributed by atoms with Crippen LogP contribution >= 0.6 is 15.9 Å². The Balaban J connectivity index is 1.47. The van der Waals surface area contributed by atoms with Gasteiger partial charge in [-0.1, -0.05) is 90.1 Å². The van der Waals surface area contributed by atoms with Crippen molar-refractivity contribution in [3.63, 3.8) is 0 Å². The van der Waals surface area contributed by atoms with E-state index in [4.69, 9.17) is 9.47 Å². The molecule has 0 aliphatic heterocycles. The summed E-state index contributed by atoms with van der Waals surface area (Å²) in [6.45, 7) is 0. The van der Waals surface area contributed by atoms with Gasteiger partial charge in [0.15, 0.2) is 0 Å². The number of carbonyl (C=O) groups excluding carboxylic acids is 2. The van der Waals surface area contributed by atoms with Gasteiger partial charge in [0, 0.05) is 4.47 Å². The molecule has 3 aromatic rings. The molecule has 4 nitrogen and oxygen atoms in total. The first-order chi connectivity index (χ1) is 16.6. The first kappa shape index (κ1) is 25.7. The van der Waals surface area contributed by atoms with E-state index in [9.17, 15) is 9.59 Å². The average molecular weight is 523 g/mol. The molecule has 3 aromatic carbocycles. The van der Waals surface area contributed by atoms with Gasteiger partial charge in [-0.2, -0.15) is 0 Å². The molecule has 0 aliphatic carbocycles. The molecule has 0 amide bonds. The lowest BCUT2D eigenvalue weighted by Gasteiger charge is -2.12. The molecule has 0 radical (unpaired) electrons. The zero-order valence-corrected chi connectivity index (χ0v) is 21.2. The Labute approximate surface area is 210 Å². The zero-order chi connectivity index (χ0) is 24.2. The van der Waals surface area contributed by atoms with Crippen molar-refractivity contribution in [3.8, 4) is 5.75 Å². The van der Waals surface area contributed by atoms with Crippen molar-refractivity contribution in [1.29, 1.82) is 0 Å². The molecule has 3 rings (SSSR count). The fourth-order valence-electron chi connectivity index (χ4n) is 3.93. The van der Waals surface area contributed by atoms with Crippen LogP contribution in [-0.2, 0) is 17.6 Å². The van der Waals surface area contributed by atoms with E-state index >= 15 is 0 Å². The first-order valence-corrected chi connectivity index (χ1v) is 12.6. The SMILES string of the molecule is COC(=O)c1ccc(Br)cc1C(=O)Oc1ccccc1CCCCCCCCc1ccccc1. The van der Waals surface area contributed by atoms with Gasteiger partial charge in [0.05, 0.1) is 18.2 Å². The monoisotopic (exact) mass is 522 g/mol. The number of methoxy groups -OCH3 is 1. The lowest BCUT2D eigenvalue weighted by molar-refractivity contribution is 0.0587. The molecule has 0 saturated carbocycles. The molecule has 0 unspecified atom stereocenters. The van der Waals surface area contributed by atoms with Crippen LogP contribution in [0.2, 0.25) is 0 Å². The fraction of sp³-hybridized carbons (Fsp3) is 0.310. The van der Waals surface area contributed by atoms with Gasteiger partial charge in [-0.3, -0.25) is 0 Å². The van der Waals surface area contributed by atoms with Crippen molar-refractivity contribution < 1.29 is 19.1 Å². The van der Waals surface area contributed by atoms with E-state index in [2.05, 4.69) is 46.3 Å². The van der Waals surface area contributed by atoms with Crippen LogP contribution in [0.15, 0.2) is 77.3 Å². The summed E-state index contributed by atoms with van der Waals surface area (Å²) in [7, 11) is 1.29. The topological polar surface area (TPSA) is 52.6 Å². The van der Waals surface area contributed by atoms with E-state index in [1.807, 2.05) is 18.2 Å². The Bertz CT molecular complexity index is 1080. The van der Waals surface area contributed by atoms with Gasteiger partial charge in [-0.25, -0.2) is 9.59 Å². The highest BCUT2D eigenvalue weighted by atomic mass is 79.9. The molecule has 0 N–H and O–H groups in total. The summed E-state index contributed by atoms with van der Waals surface area (Å²) in [4.78, 5) is 25.0. The van der Waals surface area contributed by atoms with Crippen LogP contribution in [-0.4, -0.2) is 19.0 Å². The molecule has 178 valence electrons. The van der Waals surface area contributed by atoms with Crippen LogP contribution in [0.3, 0.4) is 0 Å². The normalized spacial score (nSPS) is 10.6. The number of ether oxygens (including phenoxy) is 2. The van der Waals surface area contributed by atoms with Gasteiger partial charge in [-0.05, 0) is 61.1 Å². The largest absolute Gasteiger partial charge is 0.465 e. The molecule has 0 aliphatic rings. The predicted octanol–water partition coefficient (Wildman–Crippen LogP) is 7.58. The number of unbranched alkanes of at least 4 members (excludes halogenated alkanes) is 5. The Hall–Kier alpha value is -2.92. The molecule has 0 spiro atoms. The van der Waals surface area contributed by atoms with Crippen LogP contribution in [0.4, 0.5) is 0 Å². The van der Waals surface area contributed by atoms with Crippen molar-refractivity contribution in [2.45, 2.75) is 51.4 Å². The number of hydrogen-bond acceptors (Lipinski definition) is 4. The number of benzene rings is 3. The van der Waals surface area contributed by atoms with Crippen LogP contribution in [0.25, 0.3) is 0 Å². The average Bonchev–Trinajstić information content (AvgIpc) is 2.86. The second-order valence-electron chi connectivity index (χ2n) is 8.29. The maximum Gasteiger partial charge on any atom is 0.344 e. The van der Waals surface area contributed by atoms with Gasteiger partial charge in [-0.15, -0.1) is 0 Å². The molecular weight excluding hydrogens is 492 g/mol. The first-order valence-electron chi connectivity index (χ1n) is 11.8. The summed E-state index contributed by atoms with van der Waals surface area (Å²) in [5.74, 6) is -0.616. The zero-order valence-electron chi connectivity index (χ0n) is 19.6. The number of rotatable bonds is 12. The Morgan fingerprint density at radius 2 is 1.35 bits per heavy atom. The highest BCUT2D eigenvalue weighted by Gasteiger charge is 2.20. The van der Waals surface area contributed by atoms with E-state index < -0.39 is 11.9 Å². The highest BCUT2D eigenvalue weighted by Crippen LogP contribution is 2.24. The molecule has 0 bridgehead atoms. The molecule has 0 aromatic heterocycles. The lowest BCUT2D eigenvalue weighted by atomic mass is 10.0. The van der Waals surface area contributed by atoms with E-state index in [-0.39, 0.29) is 11.1 Å². The summed E-state index contributed by atoms with van der Waals surface area (Å²) in [6, 6.07) is 23.1. The Morgan fingerprint density at radius 3 is 2.09 bits per heavy atom. The Kier molecular flexibility index (Phi) is 10.4. The predicted molar refractivity (Wildman–Crippen MR) is 138 cm³/mol. The van der Waals surface area contributed by atoms with E-state index in [0.717, 1.165) is 31.2 Å². The highest BCUT2D eigenvalue weighted by molar-refractivity contribution is 9.10. The van der Waals surface area contributed by atoms with E-state index in [1.165, 1.54) is 38.4 Å². The van der Waals surface area contributed by atoms with Crippen molar-refractivity contribution in [2.75, 3.05) is 7.11 Å². The van der Waals surface area contributed by atoms with Crippen molar-refractivity contribution >= 4 is 27.9 Å². The minimum Gasteiger partial charge on any atom is -0.465 e. The minimum atomic E-state index is -0.576. The lowest BCUT2D eigenvalue weighted by Crippen LogP contribution is -2.16. The summed E-state index contributed by atoms with van der Waals surface area (Å²) in [6.07, 6.45) is 9.10. The smallest absolute Gasteiger partial charge is 0.344 e. The maximum atomic E-state index is 12.9. The van der Waals surface area contributed by atoms with Gasteiger partial charge < -0.3 is 9.47 Å². The third-order valence-corrected chi connectivity index (χ3v) is 6.28. The fourth-order valence-corrected chi connectivity index (χ4v) is 4.30. The number of aryl methyl sites for hydroxylation is 2. The second kappa shape index (κ2) is 13.7. The number of carbonyl (C=O) groups is 2. The number of hydrogen-bond donors (Lipinski definition) is 0. The van der Waals surface area contributed by atoms with Crippen LogP contribution in [0, 0.1) is 0 Å². The third kappa shape index (κ3) is 7.84. The second-order valence-corrected chi connectivity index (χ2v) is 9.20. The quantitative estimate of drug-likeness (QED) is 0.140. The van der Waals surface area contributed by atoms with Gasteiger partial charge in [0.2, 0.25) is 0 Å². The van der Waals surface area contributed by atoms with Gasteiger partial charge >= 0.3 is 11.9 Å². The van der Waals surface area contributed by atoms with Crippen LogP contribution in [0.1, 0.15) is 70.4 Å². The molecule has 0 atom stereocenters. The standard InChI is InChI=1S/C29H31BrO4/c1-33-28(31)25-20-19-24(30)21-26(25)29(32)34-27-18-12-11-17-23(27)16-10-5-3-2-4-7-13-22-14-8-6-9-15-22/h6,8-9,11-12,14-15,17-21H,2-5,7,10,13,16H2,1H3. The van der Waals surface area contributed by atoms with Crippen molar-refractivity contribution in [3.05, 3.63) is 99.5 Å². The third-order valence-electron chi connectivity index (χ3n) is 5.79. The van der Waals surface area contributed by atoms with Gasteiger partial charge in [0.1, 0.15) is 5.75 Å². The number of esters is 2. The van der Waals surface area contributed by atoms with E-state index in [0.29, 0.717) is 10.2 Å². The molecule has 0 heterocycles. The summed E-state index contributed by atoms with van der Waals surface area (Å²) >= 11 is 3.35. The summed E-state index contributed by atoms with van der Waals surface area (Å²) in [5, 5.41) is 0. The van der Waals surface area contributed by atoms with Crippen LogP contribution < -0.4 is 4.74 Å². The van der Waals surface area contributed by atoms with Crippen molar-refractivity contribution in [2.24, 2.45) is 0 Å². The molecule has 5 heteroatoms. The van der Waals surface area contributed by atoms with Crippen molar-refractivity contribution in [1.82, 2.24) is 0 Å².